The van der Waals surface area contributed by atoms with Gasteiger partial charge in [-0.25, -0.2) is 4.39 Å². The number of nitrogens with zero attached hydrogens (tertiary/aromatic N) is 1. The molecule has 2 aromatic rings. The lowest BCUT2D eigenvalue weighted by Gasteiger charge is -2.29. The summed E-state index contributed by atoms with van der Waals surface area (Å²) in [5, 5.41) is 5.41. The number of halogens is 6. The molecule has 210 valence electrons. The van der Waals surface area contributed by atoms with E-state index in [-0.39, 0.29) is 40.3 Å². The normalized spacial score (nSPS) is 19.0. The standard InChI is InChI=1S/C26H26Cl2F4N4O3/c27-17-7-6-14(11-18(17)28)36-12-20(25(39)35-22-19(29)2-1-3-21(22)36)34-24(38)15(8-9-26(30,31)32)16(23(33)37)10-13-4-5-13/h1-3,6-7,11,13,15-16,20H,4-5,8-10,12H2,(H2,33,37)(H,34,38)(H,35,39)/t15-,16+,20+/m1/s1. The van der Waals surface area contributed by atoms with E-state index in [9.17, 15) is 31.9 Å². The maximum atomic E-state index is 14.8. The average molecular weight is 589 g/mol. The summed E-state index contributed by atoms with van der Waals surface area (Å²) in [4.78, 5) is 40.3. The van der Waals surface area contributed by atoms with Crippen LogP contribution in [0.2, 0.25) is 10.0 Å². The lowest BCUT2D eigenvalue weighted by atomic mass is 9.83. The van der Waals surface area contributed by atoms with Crippen molar-refractivity contribution >= 4 is 58.0 Å². The number of fused-ring (bicyclic) bond motifs is 1. The van der Waals surface area contributed by atoms with Crippen molar-refractivity contribution in [2.45, 2.75) is 44.3 Å². The van der Waals surface area contributed by atoms with Gasteiger partial charge in [-0.3, -0.25) is 14.4 Å². The van der Waals surface area contributed by atoms with Crippen LogP contribution in [0.25, 0.3) is 0 Å². The van der Waals surface area contributed by atoms with E-state index in [0.29, 0.717) is 5.69 Å². The van der Waals surface area contributed by atoms with Gasteiger partial charge in [-0.2, -0.15) is 13.2 Å². The third-order valence-electron chi connectivity index (χ3n) is 6.95. The van der Waals surface area contributed by atoms with Crippen molar-refractivity contribution in [3.05, 3.63) is 52.3 Å². The number of primary amides is 1. The third-order valence-corrected chi connectivity index (χ3v) is 7.69. The number of nitrogens with one attached hydrogen (secondary N) is 2. The average Bonchev–Trinajstić information content (AvgIpc) is 3.68. The molecule has 1 saturated carbocycles. The van der Waals surface area contributed by atoms with Crippen molar-refractivity contribution in [2.24, 2.45) is 23.5 Å². The van der Waals surface area contributed by atoms with Crippen LogP contribution in [0.1, 0.15) is 32.1 Å². The fourth-order valence-corrected chi connectivity index (χ4v) is 5.04. The number of para-hydroxylation sites is 1. The Hall–Kier alpha value is -3.05. The minimum Gasteiger partial charge on any atom is -0.369 e. The quantitative estimate of drug-likeness (QED) is 0.333. The molecular formula is C26H26Cl2F4N4O3. The smallest absolute Gasteiger partial charge is 0.369 e. The summed E-state index contributed by atoms with van der Waals surface area (Å²) in [7, 11) is 0. The first-order chi connectivity index (χ1) is 18.3. The number of carbonyl (C=O) groups excluding carboxylic acids is 3. The molecule has 3 atom stereocenters. The van der Waals surface area contributed by atoms with Crippen LogP contribution in [0.15, 0.2) is 36.4 Å². The molecule has 0 radical (unpaired) electrons. The van der Waals surface area contributed by atoms with Gasteiger partial charge in [0.1, 0.15) is 17.5 Å². The van der Waals surface area contributed by atoms with E-state index in [1.54, 1.807) is 12.1 Å². The number of nitrogens with two attached hydrogens (primary N) is 1. The highest BCUT2D eigenvalue weighted by atomic mass is 35.5. The number of rotatable bonds is 9. The van der Waals surface area contributed by atoms with Crippen molar-refractivity contribution in [1.82, 2.24) is 5.32 Å². The molecule has 7 nitrogen and oxygen atoms in total. The van der Waals surface area contributed by atoms with Gasteiger partial charge in [0.05, 0.1) is 22.3 Å². The third kappa shape index (κ3) is 7.13. The fraction of sp³-hybridized carbons (Fsp3) is 0.423. The van der Waals surface area contributed by atoms with Crippen LogP contribution < -0.4 is 21.3 Å². The molecule has 2 aromatic carbocycles. The Bertz CT molecular complexity index is 1270. The Kier molecular flexibility index (Phi) is 8.60. The molecule has 0 unspecified atom stereocenters. The molecule has 1 aliphatic carbocycles. The number of amides is 3. The zero-order valence-corrected chi connectivity index (χ0v) is 22.0. The molecule has 2 aliphatic rings. The molecule has 13 heteroatoms. The summed E-state index contributed by atoms with van der Waals surface area (Å²) in [6, 6.07) is 7.40. The Morgan fingerprint density at radius 2 is 1.85 bits per heavy atom. The van der Waals surface area contributed by atoms with Gasteiger partial charge < -0.3 is 21.3 Å². The van der Waals surface area contributed by atoms with E-state index in [1.165, 1.54) is 23.1 Å². The maximum absolute atomic E-state index is 14.8. The fourth-order valence-electron chi connectivity index (χ4n) is 4.75. The minimum absolute atomic E-state index is 0.104. The summed E-state index contributed by atoms with van der Waals surface area (Å²) in [6.45, 7) is -0.220. The molecule has 1 heterocycles. The predicted octanol–water partition coefficient (Wildman–Crippen LogP) is 5.57. The Balaban J connectivity index is 1.65. The highest BCUT2D eigenvalue weighted by molar-refractivity contribution is 6.42. The molecule has 0 bridgehead atoms. The summed E-state index contributed by atoms with van der Waals surface area (Å²) in [6.07, 6.45) is -4.76. The van der Waals surface area contributed by atoms with Crippen LogP contribution in [0.5, 0.6) is 0 Å². The Labute approximate surface area is 232 Å². The molecule has 4 rings (SSSR count). The zero-order chi connectivity index (χ0) is 28.5. The minimum atomic E-state index is -4.57. The van der Waals surface area contributed by atoms with Crippen LogP contribution in [0.3, 0.4) is 0 Å². The van der Waals surface area contributed by atoms with Crippen molar-refractivity contribution in [3.63, 3.8) is 0 Å². The first-order valence-electron chi connectivity index (χ1n) is 12.3. The molecule has 0 spiro atoms. The maximum Gasteiger partial charge on any atom is 0.389 e. The van der Waals surface area contributed by atoms with Crippen molar-refractivity contribution in [3.8, 4) is 0 Å². The van der Waals surface area contributed by atoms with E-state index < -0.39 is 60.4 Å². The van der Waals surface area contributed by atoms with Gasteiger partial charge in [-0.1, -0.05) is 42.1 Å². The first kappa shape index (κ1) is 28.9. The van der Waals surface area contributed by atoms with Gasteiger partial charge in [0.25, 0.3) is 0 Å². The van der Waals surface area contributed by atoms with E-state index >= 15 is 0 Å². The second kappa shape index (κ2) is 11.6. The van der Waals surface area contributed by atoms with Crippen LogP contribution in [-0.4, -0.2) is 36.5 Å². The molecule has 0 aromatic heterocycles. The van der Waals surface area contributed by atoms with Crippen LogP contribution in [-0.2, 0) is 14.4 Å². The molecule has 3 amide bonds. The first-order valence-corrected chi connectivity index (χ1v) is 13.1. The topological polar surface area (TPSA) is 105 Å². The molecule has 1 fully saturated rings. The van der Waals surface area contributed by atoms with E-state index in [4.69, 9.17) is 28.9 Å². The highest BCUT2D eigenvalue weighted by Gasteiger charge is 2.41. The van der Waals surface area contributed by atoms with Crippen LogP contribution >= 0.6 is 23.2 Å². The van der Waals surface area contributed by atoms with Crippen LogP contribution in [0.4, 0.5) is 34.6 Å². The van der Waals surface area contributed by atoms with Gasteiger partial charge in [-0.05, 0) is 49.1 Å². The molecular weight excluding hydrogens is 563 g/mol. The number of benzene rings is 2. The van der Waals surface area contributed by atoms with Crippen molar-refractivity contribution in [2.75, 3.05) is 16.8 Å². The lowest BCUT2D eigenvalue weighted by Crippen LogP contribution is -2.52. The van der Waals surface area contributed by atoms with Crippen molar-refractivity contribution in [1.29, 1.82) is 0 Å². The largest absolute Gasteiger partial charge is 0.389 e. The van der Waals surface area contributed by atoms with Gasteiger partial charge in [0, 0.05) is 23.9 Å². The van der Waals surface area contributed by atoms with Gasteiger partial charge in [0.2, 0.25) is 17.7 Å². The number of carbonyl (C=O) groups is 3. The number of hydrogen-bond donors (Lipinski definition) is 3. The highest BCUT2D eigenvalue weighted by Crippen LogP contribution is 2.40. The lowest BCUT2D eigenvalue weighted by molar-refractivity contribution is -0.146. The van der Waals surface area contributed by atoms with E-state index in [2.05, 4.69) is 10.6 Å². The predicted molar refractivity (Wildman–Crippen MR) is 139 cm³/mol. The molecule has 39 heavy (non-hydrogen) atoms. The molecule has 0 saturated heterocycles. The van der Waals surface area contributed by atoms with E-state index in [0.717, 1.165) is 18.9 Å². The van der Waals surface area contributed by atoms with Gasteiger partial charge in [0.15, 0.2) is 0 Å². The SMILES string of the molecule is NC(=O)[C@@H](CC1CC1)[C@@H](CCC(F)(F)F)C(=O)N[C@H]1CN(c2ccc(Cl)c(Cl)c2)c2cccc(F)c2NC1=O. The second-order valence-corrected chi connectivity index (χ2v) is 10.7. The number of hydrogen-bond acceptors (Lipinski definition) is 4. The van der Waals surface area contributed by atoms with Gasteiger partial charge >= 0.3 is 6.18 Å². The number of alkyl halides is 3. The second-order valence-electron chi connectivity index (χ2n) is 9.84. The van der Waals surface area contributed by atoms with Crippen LogP contribution in [0, 0.1) is 23.6 Å². The summed E-state index contributed by atoms with van der Waals surface area (Å²) >= 11 is 12.2. The van der Waals surface area contributed by atoms with E-state index in [1.807, 2.05) is 0 Å². The summed E-state index contributed by atoms with van der Waals surface area (Å²) in [5.74, 6) is -5.74. The number of anilines is 3. The van der Waals surface area contributed by atoms with Crippen molar-refractivity contribution < 1.29 is 31.9 Å². The summed E-state index contributed by atoms with van der Waals surface area (Å²) < 4.78 is 54.1. The van der Waals surface area contributed by atoms with Gasteiger partial charge in [-0.15, -0.1) is 0 Å². The summed E-state index contributed by atoms with van der Waals surface area (Å²) in [5.41, 5.74) is 6.05. The Morgan fingerprint density at radius 3 is 2.46 bits per heavy atom. The Morgan fingerprint density at radius 1 is 1.13 bits per heavy atom. The monoisotopic (exact) mass is 588 g/mol. The molecule has 1 aliphatic heterocycles. The zero-order valence-electron chi connectivity index (χ0n) is 20.5. The molecule has 4 N–H and O–H groups in total.